The highest BCUT2D eigenvalue weighted by atomic mass is 127. The van der Waals surface area contributed by atoms with Crippen LogP contribution in [0.1, 0.15) is 16.8 Å². The van der Waals surface area contributed by atoms with Crippen LogP contribution in [0.5, 0.6) is 0 Å². The fourth-order valence-corrected chi connectivity index (χ4v) is 2.09. The van der Waals surface area contributed by atoms with Gasteiger partial charge in [0.1, 0.15) is 0 Å². The third-order valence-electron chi connectivity index (χ3n) is 1.61. The molecule has 0 atom stereocenters. The Balaban J connectivity index is 3.01. The van der Waals surface area contributed by atoms with E-state index in [0.717, 1.165) is 14.0 Å². The van der Waals surface area contributed by atoms with E-state index in [-0.39, 0.29) is 5.78 Å². The minimum atomic E-state index is 0.139. The second-order valence-corrected chi connectivity index (χ2v) is 4.90. The predicted octanol–water partition coefficient (Wildman–Crippen LogP) is 3.55. The van der Waals surface area contributed by atoms with Crippen molar-refractivity contribution >= 4 is 56.9 Å². The van der Waals surface area contributed by atoms with Crippen molar-refractivity contribution in [3.8, 4) is 0 Å². The molecular weight excluding hydrogens is 363 g/mol. The van der Waals surface area contributed by atoms with E-state index in [1.54, 1.807) is 0 Å². The predicted molar refractivity (Wildman–Crippen MR) is 69.2 cm³/mol. The highest BCUT2D eigenvalue weighted by molar-refractivity contribution is 14.1. The molecule has 0 radical (unpaired) electrons. The Labute approximate surface area is 105 Å². The quantitative estimate of drug-likeness (QED) is 0.372. The summed E-state index contributed by atoms with van der Waals surface area (Å²) < 4.78 is 1.02. The third-order valence-corrected chi connectivity index (χ3v) is 3.81. The van der Waals surface area contributed by atoms with Gasteiger partial charge >= 0.3 is 0 Å². The molecule has 1 aromatic carbocycles. The third kappa shape index (κ3) is 2.95. The van der Waals surface area contributed by atoms with E-state index >= 15 is 0 Å². The van der Waals surface area contributed by atoms with Crippen LogP contribution in [-0.2, 0) is 0 Å². The zero-order valence-electron chi connectivity index (χ0n) is 6.76. The van der Waals surface area contributed by atoms with Crippen LogP contribution in [-0.4, -0.2) is 11.1 Å². The molecule has 1 nitrogen and oxygen atoms in total. The van der Waals surface area contributed by atoms with Gasteiger partial charge in [0.2, 0.25) is 0 Å². The first-order valence-corrected chi connectivity index (χ1v) is 6.38. The molecular formula is C9H8BrIOS. The van der Waals surface area contributed by atoms with Crippen LogP contribution in [0.4, 0.5) is 0 Å². The van der Waals surface area contributed by atoms with Crippen molar-refractivity contribution in [1.82, 2.24) is 0 Å². The number of hydrogen-bond donors (Lipinski definition) is 1. The maximum absolute atomic E-state index is 11.5. The monoisotopic (exact) mass is 370 g/mol. The van der Waals surface area contributed by atoms with E-state index in [1.807, 2.05) is 18.2 Å². The van der Waals surface area contributed by atoms with Crippen LogP contribution in [0.15, 0.2) is 23.1 Å². The standard InChI is InChI=1S/C9H8BrIOS/c10-5-4-8(12)6-2-1-3-7(11)9(6)13/h1-3,13H,4-5H2. The van der Waals surface area contributed by atoms with Gasteiger partial charge in [0.25, 0.3) is 0 Å². The highest BCUT2D eigenvalue weighted by Gasteiger charge is 2.09. The Hall–Kier alpha value is 0.450. The smallest absolute Gasteiger partial charge is 0.164 e. The summed E-state index contributed by atoms with van der Waals surface area (Å²) >= 11 is 9.71. The molecule has 0 heterocycles. The largest absolute Gasteiger partial charge is 0.294 e. The number of Topliss-reactive ketones (excluding diaryl/α,β-unsaturated/α-hetero) is 1. The van der Waals surface area contributed by atoms with Gasteiger partial charge in [-0.2, -0.15) is 0 Å². The van der Waals surface area contributed by atoms with Crippen molar-refractivity contribution in [2.45, 2.75) is 11.3 Å². The van der Waals surface area contributed by atoms with E-state index in [9.17, 15) is 4.79 Å². The average Bonchev–Trinajstić information content (AvgIpc) is 2.10. The first-order chi connectivity index (χ1) is 6.16. The van der Waals surface area contributed by atoms with Gasteiger partial charge in [-0.05, 0) is 28.7 Å². The Kier molecular flexibility index (Phi) is 4.75. The lowest BCUT2D eigenvalue weighted by atomic mass is 10.1. The fraction of sp³-hybridized carbons (Fsp3) is 0.222. The Morgan fingerprint density at radius 2 is 2.23 bits per heavy atom. The first kappa shape index (κ1) is 11.5. The number of benzene rings is 1. The summed E-state index contributed by atoms with van der Waals surface area (Å²) in [5.41, 5.74) is 0.717. The van der Waals surface area contributed by atoms with Crippen molar-refractivity contribution in [2.24, 2.45) is 0 Å². The number of ketones is 1. The fourth-order valence-electron chi connectivity index (χ4n) is 0.961. The number of thiol groups is 1. The minimum absolute atomic E-state index is 0.139. The number of rotatable bonds is 3. The van der Waals surface area contributed by atoms with Gasteiger partial charge in [0.05, 0.1) is 0 Å². The van der Waals surface area contributed by atoms with Crippen LogP contribution in [0.3, 0.4) is 0 Å². The van der Waals surface area contributed by atoms with Gasteiger partial charge < -0.3 is 0 Å². The Morgan fingerprint density at radius 3 is 2.85 bits per heavy atom. The van der Waals surface area contributed by atoms with Gasteiger partial charge in [-0.1, -0.05) is 28.1 Å². The number of halogens is 2. The number of carbonyl (C=O) groups is 1. The molecule has 0 saturated heterocycles. The molecule has 13 heavy (non-hydrogen) atoms. The molecule has 0 aliphatic heterocycles. The van der Waals surface area contributed by atoms with E-state index in [2.05, 4.69) is 51.1 Å². The van der Waals surface area contributed by atoms with Crippen molar-refractivity contribution in [2.75, 3.05) is 5.33 Å². The van der Waals surface area contributed by atoms with Gasteiger partial charge in [-0.25, -0.2) is 0 Å². The molecule has 0 saturated carbocycles. The summed E-state index contributed by atoms with van der Waals surface area (Å²) in [7, 11) is 0. The highest BCUT2D eigenvalue weighted by Crippen LogP contribution is 2.22. The number of carbonyl (C=O) groups excluding carboxylic acids is 1. The van der Waals surface area contributed by atoms with Gasteiger partial charge in [0, 0.05) is 25.8 Å². The van der Waals surface area contributed by atoms with Crippen molar-refractivity contribution in [1.29, 1.82) is 0 Å². The summed E-state index contributed by atoms with van der Waals surface area (Å²) in [6.45, 7) is 0. The zero-order valence-corrected chi connectivity index (χ0v) is 11.4. The number of alkyl halides is 1. The Bertz CT molecular complexity index is 327. The SMILES string of the molecule is O=C(CCBr)c1cccc(I)c1S. The summed E-state index contributed by atoms with van der Waals surface area (Å²) in [5.74, 6) is 0.139. The molecule has 4 heteroatoms. The molecule has 0 aliphatic rings. The molecule has 0 N–H and O–H groups in total. The van der Waals surface area contributed by atoms with Crippen LogP contribution in [0.25, 0.3) is 0 Å². The van der Waals surface area contributed by atoms with Gasteiger partial charge in [0.15, 0.2) is 5.78 Å². The van der Waals surface area contributed by atoms with E-state index in [1.165, 1.54) is 0 Å². The van der Waals surface area contributed by atoms with Crippen molar-refractivity contribution < 1.29 is 4.79 Å². The topological polar surface area (TPSA) is 17.1 Å². The maximum Gasteiger partial charge on any atom is 0.164 e. The van der Waals surface area contributed by atoms with Crippen LogP contribution in [0, 0.1) is 3.57 Å². The summed E-state index contributed by atoms with van der Waals surface area (Å²) in [4.78, 5) is 12.3. The minimum Gasteiger partial charge on any atom is -0.294 e. The molecule has 0 spiro atoms. The van der Waals surface area contributed by atoms with Crippen molar-refractivity contribution in [3.63, 3.8) is 0 Å². The summed E-state index contributed by atoms with van der Waals surface area (Å²) in [6, 6.07) is 5.63. The molecule has 1 rings (SSSR count). The zero-order chi connectivity index (χ0) is 9.84. The lowest BCUT2D eigenvalue weighted by Gasteiger charge is -2.04. The van der Waals surface area contributed by atoms with Crippen LogP contribution in [0.2, 0.25) is 0 Å². The molecule has 0 aliphatic carbocycles. The van der Waals surface area contributed by atoms with Gasteiger partial charge in [-0.3, -0.25) is 4.79 Å². The van der Waals surface area contributed by atoms with Crippen LogP contribution < -0.4 is 0 Å². The van der Waals surface area contributed by atoms with E-state index in [0.29, 0.717) is 11.8 Å². The van der Waals surface area contributed by atoms with E-state index in [4.69, 9.17) is 0 Å². The lowest BCUT2D eigenvalue weighted by Crippen LogP contribution is -2.01. The van der Waals surface area contributed by atoms with E-state index < -0.39 is 0 Å². The summed E-state index contributed by atoms with van der Waals surface area (Å²) in [6.07, 6.45) is 0.521. The van der Waals surface area contributed by atoms with Gasteiger partial charge in [-0.15, -0.1) is 12.6 Å². The molecule has 0 unspecified atom stereocenters. The molecule has 70 valence electrons. The second-order valence-electron chi connectivity index (χ2n) is 2.50. The lowest BCUT2D eigenvalue weighted by molar-refractivity contribution is 0.0987. The molecule has 0 fully saturated rings. The van der Waals surface area contributed by atoms with Crippen LogP contribution >= 0.6 is 51.1 Å². The first-order valence-electron chi connectivity index (χ1n) is 3.73. The molecule has 0 bridgehead atoms. The van der Waals surface area contributed by atoms with Crippen molar-refractivity contribution in [3.05, 3.63) is 27.3 Å². The number of hydrogen-bond acceptors (Lipinski definition) is 2. The molecule has 1 aromatic rings. The Morgan fingerprint density at radius 1 is 1.54 bits per heavy atom. The average molecular weight is 371 g/mol. The second kappa shape index (κ2) is 5.36. The molecule has 0 amide bonds. The maximum atomic E-state index is 11.5. The summed E-state index contributed by atoms with van der Waals surface area (Å²) in [5, 5.41) is 0.699. The molecule has 0 aromatic heterocycles. The normalized spacial score (nSPS) is 10.1.